The molecule has 0 aliphatic heterocycles. The Labute approximate surface area is 159 Å². The quantitative estimate of drug-likeness (QED) is 0.421. The Bertz CT molecular complexity index is 1070. The van der Waals surface area contributed by atoms with E-state index in [9.17, 15) is 20.0 Å². The number of allylic oxidation sites excluding steroid dienone is 1. The average molecular weight is 374 g/mol. The van der Waals surface area contributed by atoms with Crippen molar-refractivity contribution in [3.05, 3.63) is 77.2 Å². The number of aliphatic carboxylic acids is 1. The van der Waals surface area contributed by atoms with Crippen molar-refractivity contribution >= 4 is 23.0 Å². The number of aromatic nitrogens is 4. The largest absolute Gasteiger partial charge is 0.481 e. The molecule has 3 N–H and O–H groups in total. The summed E-state index contributed by atoms with van der Waals surface area (Å²) in [5.41, 5.74) is 1.51. The molecule has 0 unspecified atom stereocenters. The second kappa shape index (κ2) is 8.37. The minimum Gasteiger partial charge on any atom is -0.481 e. The Hall–Kier alpha value is -4.32. The van der Waals surface area contributed by atoms with Crippen molar-refractivity contribution in [2.45, 2.75) is 6.42 Å². The van der Waals surface area contributed by atoms with Crippen LogP contribution in [0.15, 0.2) is 54.7 Å². The van der Waals surface area contributed by atoms with Crippen molar-refractivity contribution in [2.24, 2.45) is 0 Å². The normalized spacial score (nSPS) is 10.9. The fraction of sp³-hybridized carbons (Fsp3) is 0.0526. The lowest BCUT2D eigenvalue weighted by molar-refractivity contribution is -0.136. The van der Waals surface area contributed by atoms with E-state index in [1.165, 1.54) is 6.20 Å². The number of H-pyrrole nitrogens is 1. The highest BCUT2D eigenvalue weighted by molar-refractivity contribution is 6.13. The van der Waals surface area contributed by atoms with Gasteiger partial charge in [0, 0.05) is 17.3 Å². The molecule has 3 rings (SSSR count). The van der Waals surface area contributed by atoms with Crippen LogP contribution in [0.3, 0.4) is 0 Å². The molecule has 0 saturated carbocycles. The molecule has 3 aromatic rings. The summed E-state index contributed by atoms with van der Waals surface area (Å²) in [6.45, 7) is 0. The number of nitrogens with one attached hydrogen (secondary N) is 2. The lowest BCUT2D eigenvalue weighted by Crippen LogP contribution is -2.10. The monoisotopic (exact) mass is 374 g/mol. The van der Waals surface area contributed by atoms with E-state index in [0.29, 0.717) is 16.8 Å². The molecule has 1 aromatic heterocycles. The van der Waals surface area contributed by atoms with Gasteiger partial charge in [0.05, 0.1) is 12.1 Å². The maximum absolute atomic E-state index is 12.9. The van der Waals surface area contributed by atoms with Crippen LogP contribution in [0.2, 0.25) is 0 Å². The second-order valence-electron chi connectivity index (χ2n) is 5.65. The van der Waals surface area contributed by atoms with Crippen LogP contribution in [-0.4, -0.2) is 37.5 Å². The molecule has 0 spiro atoms. The molecule has 0 aliphatic rings. The summed E-state index contributed by atoms with van der Waals surface area (Å²) in [5, 5.41) is 34.5. The Morgan fingerprint density at radius 1 is 1.18 bits per heavy atom. The van der Waals surface area contributed by atoms with E-state index in [4.69, 9.17) is 0 Å². The number of nitriles is 1. The molecule has 1 heterocycles. The summed E-state index contributed by atoms with van der Waals surface area (Å²) in [4.78, 5) is 24.2. The summed E-state index contributed by atoms with van der Waals surface area (Å²) in [5.74, 6) is -1.25. The number of hydrogen-bond acceptors (Lipinski definition) is 7. The summed E-state index contributed by atoms with van der Waals surface area (Å²) in [6.07, 6.45) is 1.02. The van der Waals surface area contributed by atoms with Crippen LogP contribution in [0.4, 0.5) is 5.69 Å². The summed E-state index contributed by atoms with van der Waals surface area (Å²) >= 11 is 0. The summed E-state index contributed by atoms with van der Waals surface area (Å²) in [6, 6.07) is 15.4. The van der Waals surface area contributed by atoms with Crippen molar-refractivity contribution in [1.29, 1.82) is 5.26 Å². The molecule has 0 radical (unpaired) electrons. The van der Waals surface area contributed by atoms with Crippen molar-refractivity contribution in [1.82, 2.24) is 20.6 Å². The molecule has 28 heavy (non-hydrogen) atoms. The zero-order valence-electron chi connectivity index (χ0n) is 14.5. The standard InChI is InChI=1S/C19H14N6O3/c20-10-14(19-22-24-25-23-19)11-21-17-13(9-16(26)27)7-4-8-15(17)18(28)12-5-2-1-3-6-12/h1-8,11,21H,9H2,(H,26,27)(H,22,23,24,25). The summed E-state index contributed by atoms with van der Waals surface area (Å²) in [7, 11) is 0. The van der Waals surface area contributed by atoms with E-state index in [2.05, 4.69) is 25.9 Å². The predicted octanol–water partition coefficient (Wildman–Crippen LogP) is 2.03. The first kappa shape index (κ1) is 18.5. The number of nitrogens with zero attached hydrogens (tertiary/aromatic N) is 4. The predicted molar refractivity (Wildman–Crippen MR) is 99.0 cm³/mol. The maximum atomic E-state index is 12.9. The number of para-hydroxylation sites is 1. The number of rotatable bonds is 7. The highest BCUT2D eigenvalue weighted by Crippen LogP contribution is 2.25. The van der Waals surface area contributed by atoms with Gasteiger partial charge in [-0.2, -0.15) is 10.5 Å². The number of carbonyl (C=O) groups is 2. The van der Waals surface area contributed by atoms with Gasteiger partial charge in [-0.3, -0.25) is 9.59 Å². The third-order valence-corrected chi connectivity index (χ3v) is 3.84. The number of carboxylic acid groups (broad SMARTS) is 1. The summed E-state index contributed by atoms with van der Waals surface area (Å²) < 4.78 is 0. The van der Waals surface area contributed by atoms with Crippen LogP contribution in [0.25, 0.3) is 5.57 Å². The number of hydrogen-bond donors (Lipinski definition) is 3. The van der Waals surface area contributed by atoms with Gasteiger partial charge in [0.2, 0.25) is 5.82 Å². The van der Waals surface area contributed by atoms with Crippen LogP contribution in [0.1, 0.15) is 27.3 Å². The smallest absolute Gasteiger partial charge is 0.307 e. The molecule has 138 valence electrons. The molecule has 0 fully saturated rings. The fourth-order valence-electron chi connectivity index (χ4n) is 2.58. The van der Waals surface area contributed by atoms with E-state index < -0.39 is 5.97 Å². The van der Waals surface area contributed by atoms with E-state index in [-0.39, 0.29) is 29.2 Å². The molecule has 9 nitrogen and oxygen atoms in total. The maximum Gasteiger partial charge on any atom is 0.307 e. The van der Waals surface area contributed by atoms with Gasteiger partial charge in [-0.15, -0.1) is 10.2 Å². The lowest BCUT2D eigenvalue weighted by atomic mass is 9.97. The third kappa shape index (κ3) is 4.08. The number of benzene rings is 2. The molecule has 9 heteroatoms. The number of carbonyl (C=O) groups excluding carboxylic acids is 1. The van der Waals surface area contributed by atoms with Gasteiger partial charge >= 0.3 is 5.97 Å². The topological polar surface area (TPSA) is 145 Å². The Balaban J connectivity index is 2.05. The van der Waals surface area contributed by atoms with Crippen LogP contribution >= 0.6 is 0 Å². The molecule has 0 bridgehead atoms. The van der Waals surface area contributed by atoms with Gasteiger partial charge < -0.3 is 10.4 Å². The number of tetrazole rings is 1. The second-order valence-corrected chi connectivity index (χ2v) is 5.65. The van der Waals surface area contributed by atoms with Gasteiger partial charge in [0.25, 0.3) is 0 Å². The number of carboxylic acids is 1. The SMILES string of the molecule is N#CC(=CNc1c(CC(=O)O)cccc1C(=O)c1ccccc1)c1nn[nH]n1. The van der Waals surface area contributed by atoms with E-state index >= 15 is 0 Å². The first-order valence-corrected chi connectivity index (χ1v) is 8.14. The van der Waals surface area contributed by atoms with E-state index in [0.717, 1.165) is 0 Å². The zero-order chi connectivity index (χ0) is 19.9. The minimum absolute atomic E-state index is 0.0667. The molecule has 0 aliphatic carbocycles. The first-order chi connectivity index (χ1) is 13.6. The van der Waals surface area contributed by atoms with Crippen molar-refractivity contribution in [3.63, 3.8) is 0 Å². The van der Waals surface area contributed by atoms with Crippen molar-refractivity contribution in [2.75, 3.05) is 5.32 Å². The number of aromatic amines is 1. The average Bonchev–Trinajstić information content (AvgIpc) is 3.23. The van der Waals surface area contributed by atoms with Gasteiger partial charge in [0.15, 0.2) is 5.78 Å². The molecule has 0 saturated heterocycles. The van der Waals surface area contributed by atoms with Crippen LogP contribution in [0, 0.1) is 11.3 Å². The minimum atomic E-state index is -1.05. The molecular weight excluding hydrogens is 360 g/mol. The molecule has 0 atom stereocenters. The number of ketones is 1. The van der Waals surface area contributed by atoms with Crippen molar-refractivity contribution in [3.8, 4) is 6.07 Å². The highest BCUT2D eigenvalue weighted by Gasteiger charge is 2.18. The Kier molecular flexibility index (Phi) is 5.52. The third-order valence-electron chi connectivity index (χ3n) is 3.84. The van der Waals surface area contributed by atoms with Crippen LogP contribution < -0.4 is 5.32 Å². The number of anilines is 1. The molecule has 0 amide bonds. The highest BCUT2D eigenvalue weighted by atomic mass is 16.4. The Morgan fingerprint density at radius 3 is 2.61 bits per heavy atom. The first-order valence-electron chi connectivity index (χ1n) is 8.14. The zero-order valence-corrected chi connectivity index (χ0v) is 14.5. The van der Waals surface area contributed by atoms with Gasteiger partial charge in [-0.05, 0) is 16.8 Å². The van der Waals surface area contributed by atoms with Gasteiger partial charge in [0.1, 0.15) is 11.6 Å². The Morgan fingerprint density at radius 2 is 1.96 bits per heavy atom. The van der Waals surface area contributed by atoms with Gasteiger partial charge in [-0.25, -0.2) is 0 Å². The van der Waals surface area contributed by atoms with Gasteiger partial charge in [-0.1, -0.05) is 42.5 Å². The fourth-order valence-corrected chi connectivity index (χ4v) is 2.58. The van der Waals surface area contributed by atoms with Crippen LogP contribution in [-0.2, 0) is 11.2 Å². The van der Waals surface area contributed by atoms with Crippen LogP contribution in [0.5, 0.6) is 0 Å². The van der Waals surface area contributed by atoms with Crippen molar-refractivity contribution < 1.29 is 14.7 Å². The van der Waals surface area contributed by atoms with E-state index in [1.807, 2.05) is 6.07 Å². The molecular formula is C19H14N6O3. The lowest BCUT2D eigenvalue weighted by Gasteiger charge is -2.13. The molecule has 2 aromatic carbocycles. The van der Waals surface area contributed by atoms with E-state index in [1.54, 1.807) is 48.5 Å².